The van der Waals surface area contributed by atoms with Crippen molar-refractivity contribution in [1.29, 1.82) is 5.41 Å². The predicted octanol–water partition coefficient (Wildman–Crippen LogP) is 3.19. The van der Waals surface area contributed by atoms with Crippen LogP contribution in [0.3, 0.4) is 0 Å². The Morgan fingerprint density at radius 2 is 2.27 bits per heavy atom. The molecule has 0 aromatic heterocycles. The second-order valence-corrected chi connectivity index (χ2v) is 5.91. The second kappa shape index (κ2) is 9.07. The van der Waals surface area contributed by atoms with Gasteiger partial charge in [0.15, 0.2) is 0 Å². The Kier molecular flexibility index (Phi) is 7.78. The smallest absolute Gasteiger partial charge is 0.253 e. The minimum Gasteiger partial charge on any atom is -0.346 e. The Morgan fingerprint density at radius 1 is 1.59 bits per heavy atom. The highest BCUT2D eigenvalue weighted by molar-refractivity contribution is 9.10. The van der Waals surface area contributed by atoms with Gasteiger partial charge in [0, 0.05) is 12.1 Å². The summed E-state index contributed by atoms with van der Waals surface area (Å²) in [5.41, 5.74) is 2.75. The number of carbonyl (C=O) groups excluding carboxylic acids is 1. The van der Waals surface area contributed by atoms with Crippen LogP contribution in [-0.2, 0) is 0 Å². The average molecular weight is 412 g/mol. The predicted molar refractivity (Wildman–Crippen MR) is 91.0 cm³/mol. The van der Waals surface area contributed by atoms with Gasteiger partial charge in [0.2, 0.25) is 0 Å². The molecule has 1 aromatic rings. The summed E-state index contributed by atoms with van der Waals surface area (Å²) in [5, 5.41) is 13.4. The first kappa shape index (κ1) is 18.9. The third-order valence-corrected chi connectivity index (χ3v) is 4.02. The standard InChI is InChI=1S/C13H14BrCl2FN4O/c1-7(21-19-3-2-18)12(6-15)20-13(22)8-4-11(17)9(14)5-10(8)16/h2-5,7,12,18,21H,6H2,1H3,(H,20,22)/b18-2?,19-3-/t7?,12-/m0/s1. The molecule has 9 heteroatoms. The first-order chi connectivity index (χ1) is 10.4. The number of hydrogen-bond acceptors (Lipinski definition) is 4. The number of nitrogens with zero attached hydrogens (tertiary/aromatic N) is 1. The van der Waals surface area contributed by atoms with Gasteiger partial charge in [-0.2, -0.15) is 5.10 Å². The largest absolute Gasteiger partial charge is 0.346 e. The highest BCUT2D eigenvalue weighted by Crippen LogP contribution is 2.24. The van der Waals surface area contributed by atoms with Gasteiger partial charge >= 0.3 is 0 Å². The third-order valence-electron chi connectivity index (χ3n) is 2.77. The summed E-state index contributed by atoms with van der Waals surface area (Å²) in [4.78, 5) is 12.2. The SMILES string of the molecule is CC(N/N=C\C=N)[C@H](CCl)NC(=O)c1cc(F)c(Br)cc1Cl. The molecule has 0 spiro atoms. The highest BCUT2D eigenvalue weighted by Gasteiger charge is 2.21. The Labute approximate surface area is 145 Å². The Balaban J connectivity index is 2.83. The molecule has 1 rings (SSSR count). The van der Waals surface area contributed by atoms with Crippen molar-refractivity contribution in [3.8, 4) is 0 Å². The van der Waals surface area contributed by atoms with Crippen LogP contribution in [0.25, 0.3) is 0 Å². The van der Waals surface area contributed by atoms with Gasteiger partial charge in [-0.05, 0) is 35.0 Å². The van der Waals surface area contributed by atoms with Crippen LogP contribution in [-0.4, -0.2) is 36.3 Å². The van der Waals surface area contributed by atoms with Crippen molar-refractivity contribution < 1.29 is 9.18 Å². The number of hydrogen-bond donors (Lipinski definition) is 3. The molecule has 1 amide bonds. The lowest BCUT2D eigenvalue weighted by molar-refractivity contribution is 0.0933. The van der Waals surface area contributed by atoms with Gasteiger partial charge in [0.1, 0.15) is 5.82 Å². The van der Waals surface area contributed by atoms with E-state index in [-0.39, 0.29) is 27.0 Å². The zero-order valence-electron chi connectivity index (χ0n) is 11.5. The first-order valence-corrected chi connectivity index (χ1v) is 7.90. The topological polar surface area (TPSA) is 77.3 Å². The van der Waals surface area contributed by atoms with Gasteiger partial charge < -0.3 is 16.2 Å². The molecular formula is C13H14BrCl2FN4O. The van der Waals surface area contributed by atoms with E-state index in [1.54, 1.807) is 6.92 Å². The Morgan fingerprint density at radius 3 is 2.86 bits per heavy atom. The lowest BCUT2D eigenvalue weighted by Crippen LogP contribution is -2.48. The molecule has 0 radical (unpaired) electrons. The van der Waals surface area contributed by atoms with Crippen molar-refractivity contribution in [3.63, 3.8) is 0 Å². The molecule has 3 N–H and O–H groups in total. The highest BCUT2D eigenvalue weighted by atomic mass is 79.9. The van der Waals surface area contributed by atoms with Crippen LogP contribution in [0.15, 0.2) is 21.7 Å². The summed E-state index contributed by atoms with van der Waals surface area (Å²) in [6.07, 6.45) is 2.27. The van der Waals surface area contributed by atoms with Crippen LogP contribution >= 0.6 is 39.1 Å². The number of hydrazone groups is 1. The molecule has 0 fully saturated rings. The van der Waals surface area contributed by atoms with Crippen LogP contribution in [0, 0.1) is 11.2 Å². The third kappa shape index (κ3) is 5.23. The van der Waals surface area contributed by atoms with Crippen LogP contribution in [0.5, 0.6) is 0 Å². The number of amides is 1. The van der Waals surface area contributed by atoms with Crippen molar-refractivity contribution in [1.82, 2.24) is 10.7 Å². The van der Waals surface area contributed by atoms with Gasteiger partial charge in [0.05, 0.1) is 33.4 Å². The van der Waals surface area contributed by atoms with E-state index in [1.165, 1.54) is 12.3 Å². The van der Waals surface area contributed by atoms with Crippen molar-refractivity contribution >= 4 is 57.5 Å². The lowest BCUT2D eigenvalue weighted by Gasteiger charge is -2.23. The van der Waals surface area contributed by atoms with Crippen LogP contribution in [0.1, 0.15) is 17.3 Å². The van der Waals surface area contributed by atoms with Crippen molar-refractivity contribution in [2.24, 2.45) is 5.10 Å². The molecule has 22 heavy (non-hydrogen) atoms. The van der Waals surface area contributed by atoms with E-state index in [0.717, 1.165) is 12.3 Å². The van der Waals surface area contributed by atoms with Gasteiger partial charge in [-0.1, -0.05) is 11.6 Å². The van der Waals surface area contributed by atoms with Crippen LogP contribution in [0.4, 0.5) is 4.39 Å². The zero-order chi connectivity index (χ0) is 16.7. The lowest BCUT2D eigenvalue weighted by atomic mass is 10.1. The number of alkyl halides is 1. The van der Waals surface area contributed by atoms with Crippen LogP contribution < -0.4 is 10.7 Å². The van der Waals surface area contributed by atoms with E-state index in [1.807, 2.05) is 0 Å². The molecular weight excluding hydrogens is 398 g/mol. The molecule has 0 saturated heterocycles. The minimum absolute atomic E-state index is 0.0210. The maximum atomic E-state index is 13.5. The Bertz CT molecular complexity index is 585. The fourth-order valence-electron chi connectivity index (χ4n) is 1.53. The Hall–Kier alpha value is -1.18. The molecule has 0 aliphatic rings. The molecule has 0 aliphatic carbocycles. The average Bonchev–Trinajstić information content (AvgIpc) is 2.48. The number of benzene rings is 1. The van der Waals surface area contributed by atoms with Gasteiger partial charge in [-0.15, -0.1) is 11.6 Å². The normalized spacial score (nSPS) is 13.7. The summed E-state index contributed by atoms with van der Waals surface area (Å²) in [5.74, 6) is -0.998. The summed E-state index contributed by atoms with van der Waals surface area (Å²) in [6.45, 7) is 1.76. The van der Waals surface area contributed by atoms with Crippen molar-refractivity contribution in [2.75, 3.05) is 5.88 Å². The summed E-state index contributed by atoms with van der Waals surface area (Å²) in [7, 11) is 0. The first-order valence-electron chi connectivity index (χ1n) is 6.19. The second-order valence-electron chi connectivity index (χ2n) is 4.34. The van der Waals surface area contributed by atoms with E-state index in [4.69, 9.17) is 28.6 Å². The van der Waals surface area contributed by atoms with Gasteiger partial charge in [0.25, 0.3) is 5.91 Å². The maximum absolute atomic E-state index is 13.5. The molecule has 1 aromatic carbocycles. The van der Waals surface area contributed by atoms with E-state index >= 15 is 0 Å². The molecule has 0 heterocycles. The number of halogens is 4. The monoisotopic (exact) mass is 410 g/mol. The maximum Gasteiger partial charge on any atom is 0.253 e. The number of rotatable bonds is 7. The molecule has 5 nitrogen and oxygen atoms in total. The molecule has 2 atom stereocenters. The van der Waals surface area contributed by atoms with Gasteiger partial charge in [-0.25, -0.2) is 4.39 Å². The van der Waals surface area contributed by atoms with E-state index < -0.39 is 17.8 Å². The van der Waals surface area contributed by atoms with E-state index in [2.05, 4.69) is 31.8 Å². The molecule has 1 unspecified atom stereocenters. The van der Waals surface area contributed by atoms with Crippen molar-refractivity contribution in [3.05, 3.63) is 33.0 Å². The van der Waals surface area contributed by atoms with E-state index in [0.29, 0.717) is 0 Å². The molecule has 120 valence electrons. The summed E-state index contributed by atoms with van der Waals surface area (Å²) >= 11 is 14.8. The molecule has 0 aliphatic heterocycles. The van der Waals surface area contributed by atoms with Gasteiger partial charge in [-0.3, -0.25) is 4.79 Å². The molecule has 0 bridgehead atoms. The van der Waals surface area contributed by atoms with Crippen molar-refractivity contribution in [2.45, 2.75) is 19.0 Å². The number of nitrogens with one attached hydrogen (secondary N) is 3. The zero-order valence-corrected chi connectivity index (χ0v) is 14.6. The summed E-state index contributed by atoms with van der Waals surface area (Å²) in [6, 6.07) is 1.62. The minimum atomic E-state index is -0.585. The quantitative estimate of drug-likeness (QED) is 0.279. The van der Waals surface area contributed by atoms with E-state index in [9.17, 15) is 9.18 Å². The summed E-state index contributed by atoms with van der Waals surface area (Å²) < 4.78 is 13.7. The molecule has 0 saturated carbocycles. The van der Waals surface area contributed by atoms with Crippen LogP contribution in [0.2, 0.25) is 5.02 Å². The number of carbonyl (C=O) groups is 1. The fourth-order valence-corrected chi connectivity index (χ4v) is 2.60. The fraction of sp³-hybridized carbons (Fsp3) is 0.308.